The van der Waals surface area contributed by atoms with Crippen LogP contribution in [-0.2, 0) is 28.4 Å². The van der Waals surface area contributed by atoms with Crippen LogP contribution in [-0.4, -0.2) is 45.2 Å². The van der Waals surface area contributed by atoms with Crippen molar-refractivity contribution in [2.75, 3.05) is 19.5 Å². The van der Waals surface area contributed by atoms with Gasteiger partial charge in [-0.3, -0.25) is 4.79 Å². The molecule has 3 heterocycles. The maximum absolute atomic E-state index is 15.3. The van der Waals surface area contributed by atoms with E-state index >= 15 is 8.78 Å². The maximum atomic E-state index is 15.3. The Morgan fingerprint density at radius 2 is 2.00 bits per heavy atom. The van der Waals surface area contributed by atoms with E-state index in [0.29, 0.717) is 47.9 Å². The van der Waals surface area contributed by atoms with Crippen molar-refractivity contribution in [1.29, 1.82) is 0 Å². The fourth-order valence-electron chi connectivity index (χ4n) is 5.76. The summed E-state index contributed by atoms with van der Waals surface area (Å²) in [6.07, 6.45) is 4.51. The van der Waals surface area contributed by atoms with E-state index in [1.807, 2.05) is 25.1 Å². The van der Waals surface area contributed by atoms with Gasteiger partial charge in [0.25, 0.3) is 0 Å². The summed E-state index contributed by atoms with van der Waals surface area (Å²) >= 11 is 1.21. The topological polar surface area (TPSA) is 91.3 Å². The molecule has 1 aliphatic heterocycles. The third-order valence-corrected chi connectivity index (χ3v) is 8.93. The minimum Gasteiger partial charge on any atom is -0.493 e. The lowest BCUT2D eigenvalue weighted by atomic mass is 9.76. The number of para-hydroxylation sites is 1. The molecule has 1 unspecified atom stereocenters. The predicted molar refractivity (Wildman–Crippen MR) is 164 cm³/mol. The lowest BCUT2D eigenvalue weighted by Crippen LogP contribution is -2.33. The number of hydrogen-bond acceptors (Lipinski definition) is 7. The second-order valence-corrected chi connectivity index (χ2v) is 11.7. The standard InChI is InChI=1S/C33H31F3N4O4S/c1-5-42-24(41)12-9-18-7-6-8-22-28(18)43-16-14-33(22,2)32-38-31(40(3)39-32)21-17-19(10-11-23(21)34)44-29-26(36)25(35)27-20(13-15-37-27)30(29)45-4/h6-8,10-11,13,15,17,37H,5,9,12,14,16H2,1-4H3. The van der Waals surface area contributed by atoms with Crippen molar-refractivity contribution in [3.05, 3.63) is 83.1 Å². The van der Waals surface area contributed by atoms with Gasteiger partial charge in [0.2, 0.25) is 5.82 Å². The van der Waals surface area contributed by atoms with Crippen molar-refractivity contribution in [3.8, 4) is 28.6 Å². The number of fused-ring (bicyclic) bond motifs is 2. The van der Waals surface area contributed by atoms with Crippen LogP contribution in [0.1, 0.15) is 43.6 Å². The SMILES string of the molecule is CCOC(=O)CCc1cccc2c1OCCC2(C)c1nc(-c2cc(Oc3c(F)c(F)c4[nH]ccc4c3SC)ccc2F)n(C)n1. The van der Waals surface area contributed by atoms with E-state index in [4.69, 9.17) is 24.3 Å². The number of H-pyrrole nitrogens is 1. The van der Waals surface area contributed by atoms with Crippen molar-refractivity contribution >= 4 is 28.6 Å². The van der Waals surface area contributed by atoms with E-state index in [-0.39, 0.29) is 40.8 Å². The highest BCUT2D eigenvalue weighted by atomic mass is 32.2. The lowest BCUT2D eigenvalue weighted by Gasteiger charge is -2.34. The van der Waals surface area contributed by atoms with Gasteiger partial charge >= 0.3 is 5.97 Å². The fraction of sp³-hybridized carbons (Fsp3) is 0.303. The van der Waals surface area contributed by atoms with Crippen molar-refractivity contribution < 1.29 is 32.2 Å². The van der Waals surface area contributed by atoms with E-state index in [2.05, 4.69) is 4.98 Å². The smallest absolute Gasteiger partial charge is 0.306 e. The number of ether oxygens (including phenoxy) is 3. The Hall–Kier alpha value is -4.45. The molecule has 0 saturated heterocycles. The number of esters is 1. The zero-order chi connectivity index (χ0) is 31.9. The summed E-state index contributed by atoms with van der Waals surface area (Å²) in [6, 6.07) is 11.4. The molecule has 1 aliphatic rings. The molecular formula is C33H31F3N4O4S. The molecule has 6 rings (SSSR count). The van der Waals surface area contributed by atoms with E-state index in [1.54, 1.807) is 26.3 Å². The van der Waals surface area contributed by atoms with E-state index in [1.165, 1.54) is 40.8 Å². The first-order chi connectivity index (χ1) is 21.7. The molecule has 0 saturated carbocycles. The molecule has 8 nitrogen and oxygen atoms in total. The number of carbonyl (C=O) groups excluding carboxylic acids is 1. The van der Waals surface area contributed by atoms with Crippen LogP contribution < -0.4 is 9.47 Å². The van der Waals surface area contributed by atoms with Gasteiger partial charge in [0.05, 0.1) is 34.6 Å². The minimum atomic E-state index is -1.14. The Bertz CT molecular complexity index is 1920. The zero-order valence-electron chi connectivity index (χ0n) is 25.2. The highest BCUT2D eigenvalue weighted by Gasteiger charge is 2.40. The van der Waals surface area contributed by atoms with Gasteiger partial charge in [0.1, 0.15) is 17.3 Å². The number of rotatable bonds is 9. The number of benzene rings is 3. The number of hydrogen-bond donors (Lipinski definition) is 1. The summed E-state index contributed by atoms with van der Waals surface area (Å²) in [7, 11) is 1.67. The molecule has 2 aromatic heterocycles. The summed E-state index contributed by atoms with van der Waals surface area (Å²) < 4.78 is 63.9. The number of nitrogens with zero attached hydrogens (tertiary/aromatic N) is 3. The van der Waals surface area contributed by atoms with Gasteiger partial charge in [-0.15, -0.1) is 11.8 Å². The Labute approximate surface area is 261 Å². The van der Waals surface area contributed by atoms with E-state index in [0.717, 1.165) is 11.1 Å². The summed E-state index contributed by atoms with van der Waals surface area (Å²) in [4.78, 5) is 19.9. The molecule has 234 valence electrons. The molecule has 0 amide bonds. The van der Waals surface area contributed by atoms with Crippen LogP contribution >= 0.6 is 11.8 Å². The molecule has 45 heavy (non-hydrogen) atoms. The van der Waals surface area contributed by atoms with Gasteiger partial charge in [-0.1, -0.05) is 18.2 Å². The van der Waals surface area contributed by atoms with Crippen LogP contribution in [0, 0.1) is 17.5 Å². The first-order valence-corrected chi connectivity index (χ1v) is 15.7. The van der Waals surface area contributed by atoms with Crippen LogP contribution in [0.15, 0.2) is 53.6 Å². The van der Waals surface area contributed by atoms with E-state index < -0.39 is 22.9 Å². The molecule has 0 radical (unpaired) electrons. The molecule has 0 fully saturated rings. The quantitative estimate of drug-likeness (QED) is 0.133. The van der Waals surface area contributed by atoms with Gasteiger partial charge in [0, 0.05) is 30.6 Å². The number of carbonyl (C=O) groups is 1. The summed E-state index contributed by atoms with van der Waals surface area (Å²) in [5.74, 6) is -1.86. The van der Waals surface area contributed by atoms with Gasteiger partial charge in [0.15, 0.2) is 23.2 Å². The number of aromatic amines is 1. The first kappa shape index (κ1) is 30.6. The molecule has 1 N–H and O–H groups in total. The number of aromatic nitrogens is 4. The molecule has 0 bridgehead atoms. The Kier molecular flexibility index (Phi) is 8.25. The van der Waals surface area contributed by atoms with Gasteiger partial charge in [-0.2, -0.15) is 9.49 Å². The number of nitrogens with one attached hydrogen (secondary N) is 1. The largest absolute Gasteiger partial charge is 0.493 e. The summed E-state index contributed by atoms with van der Waals surface area (Å²) in [6.45, 7) is 4.50. The minimum absolute atomic E-state index is 0.0462. The maximum Gasteiger partial charge on any atom is 0.306 e. The average molecular weight is 637 g/mol. The second kappa shape index (κ2) is 12.2. The van der Waals surface area contributed by atoms with Crippen LogP contribution in [0.25, 0.3) is 22.3 Å². The number of aryl methyl sites for hydroxylation is 2. The fourth-order valence-corrected chi connectivity index (χ4v) is 6.46. The van der Waals surface area contributed by atoms with Gasteiger partial charge < -0.3 is 19.2 Å². The Balaban J connectivity index is 1.35. The first-order valence-electron chi connectivity index (χ1n) is 14.5. The average Bonchev–Trinajstić information content (AvgIpc) is 3.68. The van der Waals surface area contributed by atoms with Crippen molar-refractivity contribution in [3.63, 3.8) is 0 Å². The highest BCUT2D eigenvalue weighted by molar-refractivity contribution is 7.99. The monoisotopic (exact) mass is 636 g/mol. The van der Waals surface area contributed by atoms with Crippen LogP contribution in [0.5, 0.6) is 17.2 Å². The molecule has 5 aromatic rings. The highest BCUT2D eigenvalue weighted by Crippen LogP contribution is 2.45. The molecule has 1 atom stereocenters. The van der Waals surface area contributed by atoms with Gasteiger partial charge in [-0.05, 0) is 62.8 Å². The van der Waals surface area contributed by atoms with Crippen molar-refractivity contribution in [1.82, 2.24) is 19.7 Å². The Morgan fingerprint density at radius 3 is 2.78 bits per heavy atom. The summed E-state index contributed by atoms with van der Waals surface area (Å²) in [5.41, 5.74) is 1.21. The Morgan fingerprint density at radius 1 is 1.18 bits per heavy atom. The molecule has 0 aliphatic carbocycles. The zero-order valence-corrected chi connectivity index (χ0v) is 26.0. The predicted octanol–water partition coefficient (Wildman–Crippen LogP) is 7.48. The van der Waals surface area contributed by atoms with E-state index in [9.17, 15) is 9.18 Å². The number of thioether (sulfide) groups is 1. The van der Waals surface area contributed by atoms with Crippen LogP contribution in [0.2, 0.25) is 0 Å². The van der Waals surface area contributed by atoms with Crippen molar-refractivity contribution in [2.24, 2.45) is 7.05 Å². The lowest BCUT2D eigenvalue weighted by molar-refractivity contribution is -0.143. The summed E-state index contributed by atoms with van der Waals surface area (Å²) in [5, 5.41) is 5.18. The second-order valence-electron chi connectivity index (χ2n) is 10.9. The van der Waals surface area contributed by atoms with Crippen LogP contribution in [0.4, 0.5) is 13.2 Å². The molecule has 0 spiro atoms. The normalized spacial score (nSPS) is 16.0. The third-order valence-electron chi connectivity index (χ3n) is 8.11. The van der Waals surface area contributed by atoms with Crippen molar-refractivity contribution in [2.45, 2.75) is 43.4 Å². The van der Waals surface area contributed by atoms with Crippen LogP contribution in [0.3, 0.4) is 0 Å². The molecular weight excluding hydrogens is 605 g/mol. The number of halogens is 3. The molecule has 3 aromatic carbocycles. The molecule has 12 heteroatoms. The van der Waals surface area contributed by atoms with Gasteiger partial charge in [-0.25, -0.2) is 18.4 Å². The third kappa shape index (κ3) is 5.41.